The van der Waals surface area contributed by atoms with Crippen LogP contribution in [0, 0.1) is 0 Å². The van der Waals surface area contributed by atoms with E-state index in [9.17, 15) is 4.79 Å². The van der Waals surface area contributed by atoms with Crippen LogP contribution in [0.3, 0.4) is 0 Å². The number of carboxylic acid groups (broad SMARTS) is 1. The molecular weight excluding hydrogens is 248 g/mol. The quantitative estimate of drug-likeness (QED) is 0.291. The number of hydrogen-bond acceptors (Lipinski definition) is 1. The lowest BCUT2D eigenvalue weighted by atomic mass is 10.1. The molecule has 20 heavy (non-hydrogen) atoms. The van der Waals surface area contributed by atoms with Crippen LogP contribution in [-0.2, 0) is 4.79 Å². The van der Waals surface area contributed by atoms with E-state index >= 15 is 0 Å². The van der Waals surface area contributed by atoms with Crippen LogP contribution in [-0.4, -0.2) is 11.1 Å². The van der Waals surface area contributed by atoms with Gasteiger partial charge in [0.25, 0.3) is 0 Å². The average molecular weight is 282 g/mol. The van der Waals surface area contributed by atoms with E-state index in [0.717, 1.165) is 12.8 Å². The zero-order chi connectivity index (χ0) is 14.9. The zero-order valence-corrected chi connectivity index (χ0v) is 13.4. The van der Waals surface area contributed by atoms with Crippen LogP contribution in [0.25, 0.3) is 0 Å². The van der Waals surface area contributed by atoms with Crippen molar-refractivity contribution in [2.45, 2.75) is 96.8 Å². The standard InChI is InChI=1S/C18H34O2/c1-2-3-4-5-6-7-8-9-10-11-12-13-14-15-16-17-18(19)20/h5-6H,2-4,7-17H2,1H3,(H,19,20)/b6-5+. The molecule has 0 aliphatic rings. The predicted molar refractivity (Wildman–Crippen MR) is 87.1 cm³/mol. The molecule has 0 amide bonds. The van der Waals surface area contributed by atoms with E-state index in [1.165, 1.54) is 70.6 Å². The smallest absolute Gasteiger partial charge is 0.303 e. The van der Waals surface area contributed by atoms with Gasteiger partial charge in [-0.3, -0.25) is 4.79 Å². The highest BCUT2D eigenvalue weighted by molar-refractivity contribution is 5.66. The highest BCUT2D eigenvalue weighted by Crippen LogP contribution is 2.11. The number of aliphatic carboxylic acids is 1. The van der Waals surface area contributed by atoms with Crippen LogP contribution >= 0.6 is 0 Å². The molecule has 118 valence electrons. The first-order chi connectivity index (χ1) is 9.77. The molecule has 0 aromatic carbocycles. The Hall–Kier alpha value is -0.790. The second-order valence-electron chi connectivity index (χ2n) is 5.73. The minimum absolute atomic E-state index is 0.339. The molecule has 0 saturated heterocycles. The average Bonchev–Trinajstić information content (AvgIpc) is 2.43. The molecule has 0 unspecified atom stereocenters. The third-order valence-corrected chi connectivity index (χ3v) is 3.65. The lowest BCUT2D eigenvalue weighted by molar-refractivity contribution is -0.137. The number of unbranched alkanes of at least 4 members (excludes halogenated alkanes) is 11. The summed E-state index contributed by atoms with van der Waals surface area (Å²) in [5, 5.41) is 8.51. The Kier molecular flexibility index (Phi) is 15.6. The van der Waals surface area contributed by atoms with Crippen molar-refractivity contribution in [3.63, 3.8) is 0 Å². The third-order valence-electron chi connectivity index (χ3n) is 3.65. The van der Waals surface area contributed by atoms with Crippen LogP contribution in [0.4, 0.5) is 0 Å². The molecule has 0 aromatic heterocycles. The van der Waals surface area contributed by atoms with Gasteiger partial charge in [0, 0.05) is 6.42 Å². The van der Waals surface area contributed by atoms with Crippen molar-refractivity contribution < 1.29 is 9.90 Å². The normalized spacial score (nSPS) is 11.2. The molecule has 0 fully saturated rings. The topological polar surface area (TPSA) is 37.3 Å². The van der Waals surface area contributed by atoms with Gasteiger partial charge in [0.1, 0.15) is 0 Å². The Balaban J connectivity index is 3.02. The highest BCUT2D eigenvalue weighted by Gasteiger charge is 1.96. The Morgan fingerprint density at radius 1 is 0.750 bits per heavy atom. The van der Waals surface area contributed by atoms with Gasteiger partial charge in [-0.15, -0.1) is 0 Å². The maximum absolute atomic E-state index is 10.3. The molecule has 0 rings (SSSR count). The predicted octanol–water partition coefficient (Wildman–Crippen LogP) is 6.11. The molecule has 0 spiro atoms. The molecular formula is C18H34O2. The fraction of sp³-hybridized carbons (Fsp3) is 0.833. The van der Waals surface area contributed by atoms with Gasteiger partial charge in [-0.1, -0.05) is 76.9 Å². The summed E-state index contributed by atoms with van der Waals surface area (Å²) in [5.41, 5.74) is 0. The van der Waals surface area contributed by atoms with Gasteiger partial charge in [-0.2, -0.15) is 0 Å². The number of carboxylic acids is 1. The van der Waals surface area contributed by atoms with Gasteiger partial charge in [-0.25, -0.2) is 0 Å². The van der Waals surface area contributed by atoms with Crippen molar-refractivity contribution in [3.8, 4) is 0 Å². The summed E-state index contributed by atoms with van der Waals surface area (Å²) >= 11 is 0. The van der Waals surface area contributed by atoms with Crippen molar-refractivity contribution >= 4 is 5.97 Å². The van der Waals surface area contributed by atoms with E-state index < -0.39 is 5.97 Å². The molecule has 1 N–H and O–H groups in total. The Labute approximate surface area is 125 Å². The first kappa shape index (κ1) is 19.2. The van der Waals surface area contributed by atoms with E-state index in [2.05, 4.69) is 19.1 Å². The van der Waals surface area contributed by atoms with Crippen LogP contribution in [0.1, 0.15) is 96.8 Å². The monoisotopic (exact) mass is 282 g/mol. The fourth-order valence-corrected chi connectivity index (χ4v) is 2.33. The lowest BCUT2D eigenvalue weighted by Crippen LogP contribution is -1.93. The summed E-state index contributed by atoms with van der Waals surface area (Å²) in [4.78, 5) is 10.3. The molecule has 0 radical (unpaired) electrons. The second-order valence-corrected chi connectivity index (χ2v) is 5.73. The number of carbonyl (C=O) groups is 1. The molecule has 0 atom stereocenters. The largest absolute Gasteiger partial charge is 0.481 e. The molecule has 0 heterocycles. The molecule has 2 heteroatoms. The third kappa shape index (κ3) is 17.2. The van der Waals surface area contributed by atoms with Gasteiger partial charge >= 0.3 is 5.97 Å². The van der Waals surface area contributed by atoms with Crippen LogP contribution in [0.2, 0.25) is 0 Å². The molecule has 0 aromatic rings. The van der Waals surface area contributed by atoms with Crippen molar-refractivity contribution in [2.24, 2.45) is 0 Å². The van der Waals surface area contributed by atoms with Crippen molar-refractivity contribution in [3.05, 3.63) is 12.2 Å². The molecule has 0 bridgehead atoms. The van der Waals surface area contributed by atoms with Gasteiger partial charge in [-0.05, 0) is 25.7 Å². The molecule has 0 aliphatic carbocycles. The van der Waals surface area contributed by atoms with Gasteiger partial charge in [0.2, 0.25) is 0 Å². The first-order valence-electron chi connectivity index (χ1n) is 8.64. The minimum atomic E-state index is -0.659. The van der Waals surface area contributed by atoms with E-state index in [4.69, 9.17) is 5.11 Å². The SMILES string of the molecule is CCCC/C=C/CCCCCCCCCCCC(=O)O. The van der Waals surface area contributed by atoms with Crippen LogP contribution < -0.4 is 0 Å². The fourth-order valence-electron chi connectivity index (χ4n) is 2.33. The van der Waals surface area contributed by atoms with Crippen molar-refractivity contribution in [1.82, 2.24) is 0 Å². The van der Waals surface area contributed by atoms with Gasteiger partial charge in [0.15, 0.2) is 0 Å². The van der Waals surface area contributed by atoms with E-state index in [0.29, 0.717) is 6.42 Å². The maximum Gasteiger partial charge on any atom is 0.303 e. The van der Waals surface area contributed by atoms with E-state index in [1.54, 1.807) is 0 Å². The summed E-state index contributed by atoms with van der Waals surface area (Å²) in [6, 6.07) is 0. The van der Waals surface area contributed by atoms with E-state index in [-0.39, 0.29) is 0 Å². The summed E-state index contributed by atoms with van der Waals surface area (Å²) in [5.74, 6) is -0.659. The number of rotatable bonds is 15. The number of allylic oxidation sites excluding steroid dienone is 2. The molecule has 0 saturated carbocycles. The second kappa shape index (κ2) is 16.3. The van der Waals surface area contributed by atoms with Crippen molar-refractivity contribution in [1.29, 1.82) is 0 Å². The lowest BCUT2D eigenvalue weighted by Gasteiger charge is -2.01. The van der Waals surface area contributed by atoms with Crippen LogP contribution in [0.5, 0.6) is 0 Å². The Morgan fingerprint density at radius 2 is 1.20 bits per heavy atom. The Morgan fingerprint density at radius 3 is 1.70 bits per heavy atom. The zero-order valence-electron chi connectivity index (χ0n) is 13.4. The van der Waals surface area contributed by atoms with Crippen LogP contribution in [0.15, 0.2) is 12.2 Å². The van der Waals surface area contributed by atoms with E-state index in [1.807, 2.05) is 0 Å². The number of hydrogen-bond donors (Lipinski definition) is 1. The molecule has 0 aliphatic heterocycles. The summed E-state index contributed by atoms with van der Waals surface area (Å²) in [7, 11) is 0. The van der Waals surface area contributed by atoms with Gasteiger partial charge < -0.3 is 5.11 Å². The van der Waals surface area contributed by atoms with Crippen molar-refractivity contribution in [2.75, 3.05) is 0 Å². The summed E-state index contributed by atoms with van der Waals surface area (Å²) in [6.07, 6.45) is 21.2. The summed E-state index contributed by atoms with van der Waals surface area (Å²) < 4.78 is 0. The van der Waals surface area contributed by atoms with Gasteiger partial charge in [0.05, 0.1) is 0 Å². The molecule has 2 nitrogen and oxygen atoms in total. The Bertz CT molecular complexity index is 234. The summed E-state index contributed by atoms with van der Waals surface area (Å²) in [6.45, 7) is 2.24. The highest BCUT2D eigenvalue weighted by atomic mass is 16.4. The minimum Gasteiger partial charge on any atom is -0.481 e. The first-order valence-corrected chi connectivity index (χ1v) is 8.64. The maximum atomic E-state index is 10.3.